The molecule has 5 heteroatoms. The molecule has 0 atom stereocenters. The highest BCUT2D eigenvalue weighted by Crippen LogP contribution is 2.21. The average Bonchev–Trinajstić information content (AvgIpc) is 2.51. The second-order valence-electron chi connectivity index (χ2n) is 2.95. The number of carbonyl (C=O) groups is 1. The summed E-state index contributed by atoms with van der Waals surface area (Å²) in [4.78, 5) is 13.1. The van der Waals surface area contributed by atoms with E-state index in [0.29, 0.717) is 18.8 Å². The van der Waals surface area contributed by atoms with E-state index in [-0.39, 0.29) is 5.91 Å². The Balaban J connectivity index is 2.48. The maximum absolute atomic E-state index is 11.4. The molecule has 1 aromatic rings. The van der Waals surface area contributed by atoms with Crippen molar-refractivity contribution >= 4 is 44.8 Å². The Labute approximate surface area is 101 Å². The molecule has 0 saturated heterocycles. The molecule has 0 radical (unpaired) electrons. The van der Waals surface area contributed by atoms with Crippen LogP contribution >= 0.6 is 38.9 Å². The Morgan fingerprint density at radius 1 is 1.71 bits per heavy atom. The summed E-state index contributed by atoms with van der Waals surface area (Å²) in [6.45, 7) is 0.651. The topological polar surface area (TPSA) is 20.3 Å². The van der Waals surface area contributed by atoms with Crippen LogP contribution in [0.25, 0.3) is 0 Å². The predicted octanol–water partition coefficient (Wildman–Crippen LogP) is 3.10. The highest BCUT2D eigenvalue weighted by molar-refractivity contribution is 9.11. The molecule has 1 rings (SSSR count). The third-order valence-electron chi connectivity index (χ3n) is 1.78. The molecule has 14 heavy (non-hydrogen) atoms. The lowest BCUT2D eigenvalue weighted by molar-refractivity contribution is -0.129. The van der Waals surface area contributed by atoms with Gasteiger partial charge in [-0.3, -0.25) is 4.79 Å². The zero-order chi connectivity index (χ0) is 10.6. The van der Waals surface area contributed by atoms with Gasteiger partial charge in [0, 0.05) is 25.9 Å². The van der Waals surface area contributed by atoms with Crippen molar-refractivity contribution in [2.45, 2.75) is 13.0 Å². The van der Waals surface area contributed by atoms with E-state index in [1.165, 1.54) is 0 Å². The molecular formula is C9H11BrClNOS. The van der Waals surface area contributed by atoms with Gasteiger partial charge < -0.3 is 4.90 Å². The fraction of sp³-hybridized carbons (Fsp3) is 0.444. The highest BCUT2D eigenvalue weighted by atomic mass is 79.9. The van der Waals surface area contributed by atoms with Gasteiger partial charge in [0.05, 0.1) is 3.79 Å². The van der Waals surface area contributed by atoms with E-state index in [1.807, 2.05) is 11.4 Å². The molecule has 2 nitrogen and oxygen atoms in total. The lowest BCUT2D eigenvalue weighted by atomic mass is 10.3. The SMILES string of the molecule is CN(Cc1csc(Br)c1)C(=O)CCCl. The summed E-state index contributed by atoms with van der Waals surface area (Å²) in [6, 6.07) is 2.02. The van der Waals surface area contributed by atoms with Crippen LogP contribution in [0.2, 0.25) is 0 Å². The predicted molar refractivity (Wildman–Crippen MR) is 63.8 cm³/mol. The second kappa shape index (κ2) is 5.73. The molecule has 0 aliphatic rings. The quantitative estimate of drug-likeness (QED) is 0.782. The van der Waals surface area contributed by atoms with Gasteiger partial charge in [0.25, 0.3) is 0 Å². The Morgan fingerprint density at radius 2 is 2.43 bits per heavy atom. The standard InChI is InChI=1S/C9H11BrClNOS/c1-12(9(13)2-3-11)5-7-4-8(10)14-6-7/h4,6H,2-3,5H2,1H3. The maximum atomic E-state index is 11.4. The first-order valence-electron chi connectivity index (χ1n) is 4.16. The van der Waals surface area contributed by atoms with Crippen molar-refractivity contribution in [3.05, 3.63) is 20.8 Å². The molecule has 0 bridgehead atoms. The number of hydrogen-bond acceptors (Lipinski definition) is 2. The van der Waals surface area contributed by atoms with E-state index < -0.39 is 0 Å². The van der Waals surface area contributed by atoms with Crippen molar-refractivity contribution in [2.24, 2.45) is 0 Å². The molecule has 1 heterocycles. The number of carbonyl (C=O) groups excluding carboxylic acids is 1. The van der Waals surface area contributed by atoms with Crippen LogP contribution in [-0.2, 0) is 11.3 Å². The smallest absolute Gasteiger partial charge is 0.223 e. The minimum absolute atomic E-state index is 0.0855. The molecule has 0 aromatic carbocycles. The minimum atomic E-state index is 0.0855. The van der Waals surface area contributed by atoms with E-state index >= 15 is 0 Å². The number of hydrogen-bond donors (Lipinski definition) is 0. The summed E-state index contributed by atoms with van der Waals surface area (Å²) < 4.78 is 1.09. The van der Waals surface area contributed by atoms with Crippen LogP contribution < -0.4 is 0 Å². The number of halogens is 2. The lowest BCUT2D eigenvalue weighted by Gasteiger charge is -2.15. The van der Waals surface area contributed by atoms with Crippen LogP contribution in [0.5, 0.6) is 0 Å². The number of nitrogens with zero attached hydrogens (tertiary/aromatic N) is 1. The van der Waals surface area contributed by atoms with E-state index in [4.69, 9.17) is 11.6 Å². The Morgan fingerprint density at radius 3 is 2.93 bits per heavy atom. The second-order valence-corrected chi connectivity index (χ2v) is 5.62. The zero-order valence-corrected chi connectivity index (χ0v) is 11.0. The van der Waals surface area contributed by atoms with Crippen LogP contribution in [0.4, 0.5) is 0 Å². The van der Waals surface area contributed by atoms with E-state index in [2.05, 4.69) is 15.9 Å². The molecule has 0 fully saturated rings. The van der Waals surface area contributed by atoms with Gasteiger partial charge in [0.2, 0.25) is 5.91 Å². The van der Waals surface area contributed by atoms with E-state index in [1.54, 1.807) is 23.3 Å². The number of rotatable bonds is 4. The van der Waals surface area contributed by atoms with Gasteiger partial charge in [0.15, 0.2) is 0 Å². The molecule has 0 saturated carbocycles. The first-order chi connectivity index (χ1) is 6.63. The third kappa shape index (κ3) is 3.59. The first kappa shape index (κ1) is 12.0. The van der Waals surface area contributed by atoms with Gasteiger partial charge >= 0.3 is 0 Å². The molecular weight excluding hydrogens is 286 g/mol. The molecule has 78 valence electrons. The summed E-state index contributed by atoms with van der Waals surface area (Å²) in [5, 5.41) is 2.04. The first-order valence-corrected chi connectivity index (χ1v) is 6.37. The molecule has 1 aromatic heterocycles. The zero-order valence-electron chi connectivity index (χ0n) is 7.80. The highest BCUT2D eigenvalue weighted by Gasteiger charge is 2.08. The van der Waals surface area contributed by atoms with E-state index in [9.17, 15) is 4.79 Å². The molecule has 1 amide bonds. The normalized spacial score (nSPS) is 10.2. The Bertz CT molecular complexity index is 316. The van der Waals surface area contributed by atoms with Crippen molar-refractivity contribution < 1.29 is 4.79 Å². The minimum Gasteiger partial charge on any atom is -0.341 e. The van der Waals surface area contributed by atoms with Crippen molar-refractivity contribution in [1.29, 1.82) is 0 Å². The van der Waals surface area contributed by atoms with Gasteiger partial charge in [-0.1, -0.05) is 0 Å². The molecule has 0 unspecified atom stereocenters. The molecule has 0 spiro atoms. The van der Waals surface area contributed by atoms with Crippen molar-refractivity contribution in [3.8, 4) is 0 Å². The Hall–Kier alpha value is -0.0600. The Kier molecular flexibility index (Phi) is 4.92. The average molecular weight is 297 g/mol. The number of amides is 1. The summed E-state index contributed by atoms with van der Waals surface area (Å²) in [5.74, 6) is 0.471. The van der Waals surface area contributed by atoms with Gasteiger partial charge in [-0.15, -0.1) is 22.9 Å². The number of thiophene rings is 1. The molecule has 0 N–H and O–H groups in total. The van der Waals surface area contributed by atoms with Crippen molar-refractivity contribution in [2.75, 3.05) is 12.9 Å². The number of alkyl halides is 1. The largest absolute Gasteiger partial charge is 0.341 e. The van der Waals surface area contributed by atoms with Crippen LogP contribution in [-0.4, -0.2) is 23.7 Å². The lowest BCUT2D eigenvalue weighted by Crippen LogP contribution is -2.25. The van der Waals surface area contributed by atoms with Crippen molar-refractivity contribution in [3.63, 3.8) is 0 Å². The summed E-state index contributed by atoms with van der Waals surface area (Å²) in [5.41, 5.74) is 1.15. The summed E-state index contributed by atoms with van der Waals surface area (Å²) in [7, 11) is 1.79. The van der Waals surface area contributed by atoms with Gasteiger partial charge in [0.1, 0.15) is 0 Å². The fourth-order valence-electron chi connectivity index (χ4n) is 1.06. The van der Waals surface area contributed by atoms with Crippen LogP contribution in [0, 0.1) is 0 Å². The molecule has 0 aliphatic carbocycles. The fourth-order valence-corrected chi connectivity index (χ4v) is 2.42. The third-order valence-corrected chi connectivity index (χ3v) is 3.52. The summed E-state index contributed by atoms with van der Waals surface area (Å²) >= 11 is 10.5. The van der Waals surface area contributed by atoms with E-state index in [0.717, 1.165) is 9.35 Å². The van der Waals surface area contributed by atoms with Crippen LogP contribution in [0.15, 0.2) is 15.2 Å². The van der Waals surface area contributed by atoms with Crippen LogP contribution in [0.1, 0.15) is 12.0 Å². The summed E-state index contributed by atoms with van der Waals surface area (Å²) in [6.07, 6.45) is 0.406. The maximum Gasteiger partial charge on any atom is 0.223 e. The monoisotopic (exact) mass is 295 g/mol. The van der Waals surface area contributed by atoms with Gasteiger partial charge in [-0.05, 0) is 32.9 Å². The van der Waals surface area contributed by atoms with Crippen molar-refractivity contribution in [1.82, 2.24) is 4.90 Å². The molecule has 0 aliphatic heterocycles. The van der Waals surface area contributed by atoms with Crippen LogP contribution in [0.3, 0.4) is 0 Å². The van der Waals surface area contributed by atoms with Gasteiger partial charge in [-0.2, -0.15) is 0 Å². The van der Waals surface area contributed by atoms with Gasteiger partial charge in [-0.25, -0.2) is 0 Å².